The van der Waals surface area contributed by atoms with Crippen molar-refractivity contribution in [2.24, 2.45) is 0 Å². The number of hydrogen-bond donors (Lipinski definition) is 2. The highest BCUT2D eigenvalue weighted by Crippen LogP contribution is 1.94. The van der Waals surface area contributed by atoms with E-state index in [1.54, 1.807) is 0 Å². The summed E-state index contributed by atoms with van der Waals surface area (Å²) in [6, 6.07) is 0. The average molecular weight is 205 g/mol. The summed E-state index contributed by atoms with van der Waals surface area (Å²) in [5, 5.41) is 11.2. The van der Waals surface area contributed by atoms with Gasteiger partial charge in [-0.3, -0.25) is 4.79 Å². The van der Waals surface area contributed by atoms with E-state index in [4.69, 9.17) is 14.6 Å². The molecule has 0 aromatic heterocycles. The second kappa shape index (κ2) is 8.93. The summed E-state index contributed by atoms with van der Waals surface area (Å²) in [6.07, 6.45) is 1.40. The van der Waals surface area contributed by atoms with Crippen molar-refractivity contribution in [2.45, 2.75) is 25.6 Å². The maximum Gasteiger partial charge on any atom is 0.220 e. The van der Waals surface area contributed by atoms with Crippen molar-refractivity contribution in [3.05, 3.63) is 0 Å². The molecule has 5 heteroatoms. The molecule has 0 atom stereocenters. The van der Waals surface area contributed by atoms with Crippen LogP contribution in [0.4, 0.5) is 0 Å². The first-order valence-corrected chi connectivity index (χ1v) is 4.67. The summed E-state index contributed by atoms with van der Waals surface area (Å²) in [4.78, 5) is 11.2. The Morgan fingerprint density at radius 1 is 1.36 bits per heavy atom. The minimum atomic E-state index is -0.392. The number of amides is 1. The zero-order valence-electron chi connectivity index (χ0n) is 8.78. The molecular formula is C9H19NO4. The van der Waals surface area contributed by atoms with Crippen LogP contribution >= 0.6 is 0 Å². The Hall–Kier alpha value is -0.650. The van der Waals surface area contributed by atoms with Crippen molar-refractivity contribution >= 4 is 5.91 Å². The molecule has 0 aliphatic carbocycles. The van der Waals surface area contributed by atoms with Crippen LogP contribution in [0.15, 0.2) is 0 Å². The standard InChI is InChI=1S/C9H19NO4/c1-13-9(14-2)7-10-8(12)5-3-4-6-11/h9,11H,3-7H2,1-2H3,(H,10,12). The first-order chi connectivity index (χ1) is 6.74. The summed E-state index contributed by atoms with van der Waals surface area (Å²) in [7, 11) is 3.04. The lowest BCUT2D eigenvalue weighted by Crippen LogP contribution is -2.33. The molecule has 0 aromatic carbocycles. The molecule has 2 N–H and O–H groups in total. The first kappa shape index (κ1) is 13.4. The minimum absolute atomic E-state index is 0.0439. The number of hydrogen-bond acceptors (Lipinski definition) is 4. The van der Waals surface area contributed by atoms with Crippen LogP contribution in [0.2, 0.25) is 0 Å². The van der Waals surface area contributed by atoms with Gasteiger partial charge in [0.25, 0.3) is 0 Å². The topological polar surface area (TPSA) is 67.8 Å². The molecule has 1 amide bonds. The van der Waals surface area contributed by atoms with Gasteiger partial charge in [0.15, 0.2) is 6.29 Å². The Morgan fingerprint density at radius 3 is 2.50 bits per heavy atom. The number of ether oxygens (including phenoxy) is 2. The second-order valence-electron chi connectivity index (χ2n) is 2.89. The average Bonchev–Trinajstić information content (AvgIpc) is 2.20. The van der Waals surface area contributed by atoms with E-state index in [-0.39, 0.29) is 12.5 Å². The van der Waals surface area contributed by atoms with Gasteiger partial charge in [-0.05, 0) is 12.8 Å². The number of nitrogens with one attached hydrogen (secondary N) is 1. The molecule has 0 saturated carbocycles. The lowest BCUT2D eigenvalue weighted by Gasteiger charge is -2.13. The van der Waals surface area contributed by atoms with Crippen molar-refractivity contribution in [3.63, 3.8) is 0 Å². The van der Waals surface area contributed by atoms with Crippen LogP contribution in [-0.2, 0) is 14.3 Å². The van der Waals surface area contributed by atoms with E-state index in [9.17, 15) is 4.79 Å². The quantitative estimate of drug-likeness (QED) is 0.428. The summed E-state index contributed by atoms with van der Waals surface area (Å²) >= 11 is 0. The summed E-state index contributed by atoms with van der Waals surface area (Å²) in [6.45, 7) is 0.483. The lowest BCUT2D eigenvalue weighted by atomic mass is 10.2. The Labute approximate surface area is 84.4 Å². The Morgan fingerprint density at radius 2 is 2.00 bits per heavy atom. The van der Waals surface area contributed by atoms with Crippen LogP contribution in [0, 0.1) is 0 Å². The van der Waals surface area contributed by atoms with Crippen LogP contribution in [0.3, 0.4) is 0 Å². The summed E-state index contributed by atoms with van der Waals surface area (Å²) < 4.78 is 9.80. The van der Waals surface area contributed by atoms with Crippen LogP contribution in [-0.4, -0.2) is 44.7 Å². The van der Waals surface area contributed by atoms with Gasteiger partial charge in [-0.1, -0.05) is 0 Å². The van der Waals surface area contributed by atoms with Crippen molar-refractivity contribution in [1.29, 1.82) is 0 Å². The number of rotatable bonds is 8. The van der Waals surface area contributed by atoms with Gasteiger partial charge < -0.3 is 19.9 Å². The number of aliphatic hydroxyl groups is 1. The van der Waals surface area contributed by atoms with Gasteiger partial charge in [0, 0.05) is 27.2 Å². The molecule has 0 aliphatic rings. The molecule has 0 aliphatic heterocycles. The largest absolute Gasteiger partial charge is 0.396 e. The Balaban J connectivity index is 3.42. The molecular weight excluding hydrogens is 186 g/mol. The third kappa shape index (κ3) is 6.82. The normalized spacial score (nSPS) is 10.6. The maximum atomic E-state index is 11.2. The van der Waals surface area contributed by atoms with E-state index < -0.39 is 6.29 Å². The van der Waals surface area contributed by atoms with Crippen LogP contribution < -0.4 is 5.32 Å². The molecule has 0 unspecified atom stereocenters. The molecule has 84 valence electrons. The van der Waals surface area contributed by atoms with E-state index in [1.807, 2.05) is 0 Å². The van der Waals surface area contributed by atoms with Gasteiger partial charge in [0.05, 0.1) is 6.54 Å². The molecule has 0 aromatic rings. The smallest absolute Gasteiger partial charge is 0.220 e. The second-order valence-corrected chi connectivity index (χ2v) is 2.89. The highest BCUT2D eigenvalue weighted by molar-refractivity contribution is 5.75. The third-order valence-corrected chi connectivity index (χ3v) is 1.80. The lowest BCUT2D eigenvalue weighted by molar-refractivity contribution is -0.127. The van der Waals surface area contributed by atoms with Crippen molar-refractivity contribution in [2.75, 3.05) is 27.4 Å². The molecule has 0 spiro atoms. The highest BCUT2D eigenvalue weighted by Gasteiger charge is 2.06. The molecule has 0 bridgehead atoms. The van der Waals surface area contributed by atoms with Gasteiger partial charge in [-0.2, -0.15) is 0 Å². The fourth-order valence-electron chi connectivity index (χ4n) is 0.946. The van der Waals surface area contributed by atoms with Crippen LogP contribution in [0.1, 0.15) is 19.3 Å². The zero-order valence-corrected chi connectivity index (χ0v) is 8.78. The molecule has 14 heavy (non-hydrogen) atoms. The van der Waals surface area contributed by atoms with Crippen molar-refractivity contribution < 1.29 is 19.4 Å². The van der Waals surface area contributed by atoms with E-state index in [2.05, 4.69) is 5.32 Å². The van der Waals surface area contributed by atoms with E-state index in [0.29, 0.717) is 25.8 Å². The summed E-state index contributed by atoms with van der Waals surface area (Å²) in [5.74, 6) is -0.0439. The summed E-state index contributed by atoms with van der Waals surface area (Å²) in [5.41, 5.74) is 0. The number of carbonyl (C=O) groups excluding carboxylic acids is 1. The van der Waals surface area contributed by atoms with Crippen LogP contribution in [0.25, 0.3) is 0 Å². The molecule has 0 rings (SSSR count). The molecule has 5 nitrogen and oxygen atoms in total. The predicted molar refractivity (Wildman–Crippen MR) is 51.8 cm³/mol. The monoisotopic (exact) mass is 205 g/mol. The van der Waals surface area contributed by atoms with E-state index in [1.165, 1.54) is 14.2 Å². The third-order valence-electron chi connectivity index (χ3n) is 1.80. The predicted octanol–water partition coefficient (Wildman–Crippen LogP) is -0.116. The first-order valence-electron chi connectivity index (χ1n) is 4.67. The van der Waals surface area contributed by atoms with E-state index >= 15 is 0 Å². The number of methoxy groups -OCH3 is 2. The molecule has 0 fully saturated rings. The highest BCUT2D eigenvalue weighted by atomic mass is 16.7. The fraction of sp³-hybridized carbons (Fsp3) is 0.889. The van der Waals surface area contributed by atoms with Gasteiger partial charge >= 0.3 is 0 Å². The number of unbranched alkanes of at least 4 members (excludes halogenated alkanes) is 1. The van der Waals surface area contributed by atoms with Gasteiger partial charge in [-0.25, -0.2) is 0 Å². The molecule has 0 heterocycles. The van der Waals surface area contributed by atoms with Crippen molar-refractivity contribution in [1.82, 2.24) is 5.32 Å². The molecule has 0 saturated heterocycles. The van der Waals surface area contributed by atoms with Crippen LogP contribution in [0.5, 0.6) is 0 Å². The SMILES string of the molecule is COC(CNC(=O)CCCCO)OC. The van der Waals surface area contributed by atoms with Gasteiger partial charge in [0.1, 0.15) is 0 Å². The fourth-order valence-corrected chi connectivity index (χ4v) is 0.946. The number of carbonyl (C=O) groups is 1. The van der Waals surface area contributed by atoms with Gasteiger partial charge in [0.2, 0.25) is 5.91 Å². The van der Waals surface area contributed by atoms with E-state index in [0.717, 1.165) is 0 Å². The van der Waals surface area contributed by atoms with Gasteiger partial charge in [-0.15, -0.1) is 0 Å². The number of aliphatic hydroxyl groups excluding tert-OH is 1. The zero-order chi connectivity index (χ0) is 10.8. The maximum absolute atomic E-state index is 11.2. The van der Waals surface area contributed by atoms with Crippen molar-refractivity contribution in [3.8, 4) is 0 Å². The minimum Gasteiger partial charge on any atom is -0.396 e. The molecule has 0 radical (unpaired) electrons. The Kier molecular flexibility index (Phi) is 8.51. The Bertz CT molecular complexity index is 148.